The zero-order valence-electron chi connectivity index (χ0n) is 28.0. The topological polar surface area (TPSA) is 79.3 Å². The Hall–Kier alpha value is -2.63. The molecule has 2 aromatic rings. The minimum absolute atomic E-state index is 0.0122. The van der Waals surface area contributed by atoms with Gasteiger partial charge in [0.05, 0.1) is 23.6 Å². The number of anilines is 1. The number of hydrogen-bond donors (Lipinski definition) is 0. The van der Waals surface area contributed by atoms with E-state index in [1.54, 1.807) is 35.5 Å². The van der Waals surface area contributed by atoms with E-state index >= 15 is 0 Å². The highest BCUT2D eigenvalue weighted by molar-refractivity contribution is 7.90. The molecule has 250 valence electrons. The summed E-state index contributed by atoms with van der Waals surface area (Å²) in [4.78, 5) is 14.7. The minimum atomic E-state index is -3.87. The third-order valence-electron chi connectivity index (χ3n) is 12.3. The van der Waals surface area contributed by atoms with Crippen molar-refractivity contribution in [1.82, 2.24) is 4.31 Å². The van der Waals surface area contributed by atoms with Crippen molar-refractivity contribution in [3.63, 3.8) is 0 Å². The largest absolute Gasteiger partial charge is 0.410 e. The van der Waals surface area contributed by atoms with E-state index in [0.717, 1.165) is 18.4 Å². The molecule has 0 aromatic heterocycles. The molecule has 2 aliphatic carbocycles. The van der Waals surface area contributed by atoms with Gasteiger partial charge >= 0.3 is 0 Å². The molecule has 1 spiro atoms. The van der Waals surface area contributed by atoms with Crippen LogP contribution in [0.3, 0.4) is 0 Å². The quantitative estimate of drug-likeness (QED) is 0.269. The van der Waals surface area contributed by atoms with Crippen LogP contribution in [-0.2, 0) is 19.2 Å². The first kappa shape index (κ1) is 33.3. The van der Waals surface area contributed by atoms with Crippen LogP contribution in [0.5, 0.6) is 0 Å². The number of benzene rings is 2. The van der Waals surface area contributed by atoms with Crippen molar-refractivity contribution < 1.29 is 26.4 Å². The fourth-order valence-corrected chi connectivity index (χ4v) is 12.3. The van der Waals surface area contributed by atoms with Crippen LogP contribution in [0.1, 0.15) is 78.4 Å². The highest BCUT2D eigenvalue weighted by Gasteiger charge is 2.72. The number of nitrogens with zero attached hydrogens (tertiary/aromatic N) is 3. The van der Waals surface area contributed by atoms with Crippen molar-refractivity contribution in [2.24, 2.45) is 27.8 Å². The number of fused-ring (bicyclic) bond motifs is 1. The van der Waals surface area contributed by atoms with Crippen molar-refractivity contribution in [2.75, 3.05) is 10.8 Å². The number of carbonyl (C=O) groups excluding carboxylic acids is 1. The van der Waals surface area contributed by atoms with Gasteiger partial charge in [0, 0.05) is 17.5 Å². The summed E-state index contributed by atoms with van der Waals surface area (Å²) in [6, 6.07) is 10.8. The molecule has 1 amide bonds. The van der Waals surface area contributed by atoms with Crippen LogP contribution in [0.2, 0.25) is 18.1 Å². The number of amides is 1. The number of sulfonamides is 1. The molecule has 11 heteroatoms. The van der Waals surface area contributed by atoms with E-state index in [1.807, 2.05) is 0 Å². The zero-order valence-corrected chi connectivity index (χ0v) is 29.8. The van der Waals surface area contributed by atoms with Gasteiger partial charge in [-0.25, -0.2) is 21.5 Å². The molecular formula is C35H47F2N3O4SSi. The summed E-state index contributed by atoms with van der Waals surface area (Å²) in [6.45, 7) is 15.2. The summed E-state index contributed by atoms with van der Waals surface area (Å²) in [6.07, 6.45) is 4.84. The summed E-state index contributed by atoms with van der Waals surface area (Å²) in [5.41, 5.74) is 0.746. The number of hydrazone groups is 1. The third kappa shape index (κ3) is 5.34. The van der Waals surface area contributed by atoms with Gasteiger partial charge in [-0.05, 0) is 104 Å². The fraction of sp³-hybridized carbons (Fsp3) is 0.600. The van der Waals surface area contributed by atoms with Crippen molar-refractivity contribution in [1.29, 1.82) is 0 Å². The highest BCUT2D eigenvalue weighted by atomic mass is 32.2. The van der Waals surface area contributed by atoms with Crippen LogP contribution in [-0.4, -0.2) is 51.0 Å². The van der Waals surface area contributed by atoms with Gasteiger partial charge in [-0.3, -0.25) is 9.80 Å². The van der Waals surface area contributed by atoms with Gasteiger partial charge in [0.2, 0.25) is 10.0 Å². The lowest BCUT2D eigenvalue weighted by molar-refractivity contribution is -0.131. The van der Waals surface area contributed by atoms with E-state index < -0.39 is 47.4 Å². The van der Waals surface area contributed by atoms with E-state index in [1.165, 1.54) is 28.6 Å². The Kier molecular flexibility index (Phi) is 8.12. The number of carbonyl (C=O) groups is 1. The standard InChI is InChI=1S/C35H47F2N3O4SSi/c1-33(2,3)46(6,7)44-29(23-8-11-26(36)12-9-23)17-10-24-21-38-39(28-15-13-27(37)14-16-28)31(24)32(41)40-30-20-25-18-19-35(30,34(25,4)5)22-45(40,42)43/h8-9,11-16,21,24-25,29-31H,10,17-20,22H2,1-7H3/t24-,25?,29-,30?,31-,35?/m0/s1. The molecule has 0 N–H and O–H groups in total. The number of hydrogen-bond acceptors (Lipinski definition) is 6. The Morgan fingerprint density at radius 1 is 1.07 bits per heavy atom. The van der Waals surface area contributed by atoms with Crippen LogP contribution in [0, 0.1) is 34.3 Å². The molecule has 2 aliphatic heterocycles. The lowest BCUT2D eigenvalue weighted by Gasteiger charge is -2.40. The Morgan fingerprint density at radius 2 is 1.67 bits per heavy atom. The molecule has 7 nitrogen and oxygen atoms in total. The Balaban J connectivity index is 1.33. The summed E-state index contributed by atoms with van der Waals surface area (Å²) in [5.74, 6) is -1.28. The van der Waals surface area contributed by atoms with Gasteiger partial charge < -0.3 is 4.43 Å². The fourth-order valence-electron chi connectivity index (χ4n) is 8.39. The molecule has 3 fully saturated rings. The van der Waals surface area contributed by atoms with E-state index in [2.05, 4.69) is 52.8 Å². The maximum Gasteiger partial charge on any atom is 0.261 e. The molecule has 2 bridgehead atoms. The minimum Gasteiger partial charge on any atom is -0.410 e. The van der Waals surface area contributed by atoms with Crippen LogP contribution in [0.15, 0.2) is 53.6 Å². The van der Waals surface area contributed by atoms with Crippen LogP contribution in [0.4, 0.5) is 14.5 Å². The molecule has 2 heterocycles. The summed E-state index contributed by atoms with van der Waals surface area (Å²) in [7, 11) is -6.12. The van der Waals surface area contributed by atoms with E-state index in [4.69, 9.17) is 4.43 Å². The van der Waals surface area contributed by atoms with Crippen molar-refractivity contribution in [2.45, 2.75) is 103 Å². The third-order valence-corrected chi connectivity index (χ3v) is 18.7. The second-order valence-corrected chi connectivity index (χ2v) is 22.5. The lowest BCUT2D eigenvalue weighted by Crippen LogP contribution is -2.53. The average Bonchev–Trinajstić information content (AvgIpc) is 3.62. The molecule has 1 saturated heterocycles. The predicted molar refractivity (Wildman–Crippen MR) is 179 cm³/mol. The Bertz CT molecular complexity index is 1620. The molecule has 46 heavy (non-hydrogen) atoms. The van der Waals surface area contributed by atoms with E-state index in [-0.39, 0.29) is 34.2 Å². The molecule has 0 radical (unpaired) electrons. The molecule has 2 saturated carbocycles. The van der Waals surface area contributed by atoms with E-state index in [9.17, 15) is 22.0 Å². The van der Waals surface area contributed by atoms with Gasteiger partial charge in [0.25, 0.3) is 5.91 Å². The van der Waals surface area contributed by atoms with Crippen LogP contribution >= 0.6 is 0 Å². The first-order valence-corrected chi connectivity index (χ1v) is 21.0. The van der Waals surface area contributed by atoms with Gasteiger partial charge in [-0.15, -0.1) is 0 Å². The molecule has 3 unspecified atom stereocenters. The predicted octanol–water partition coefficient (Wildman–Crippen LogP) is 7.67. The van der Waals surface area contributed by atoms with E-state index in [0.29, 0.717) is 30.9 Å². The second-order valence-electron chi connectivity index (χ2n) is 15.9. The molecule has 6 atom stereocenters. The number of rotatable bonds is 8. The SMILES string of the molecule is CC1(C)C2CCC13CS(=O)(=O)N(C(=O)[C@@H]1[C@@H](CC[C@H](O[Si](C)(C)C(C)(C)C)c4ccc(F)cc4)C=NN1c1ccc(F)cc1)C3C2. The average molecular weight is 672 g/mol. The Morgan fingerprint density at radius 3 is 2.26 bits per heavy atom. The first-order chi connectivity index (χ1) is 21.4. The monoisotopic (exact) mass is 671 g/mol. The van der Waals surface area contributed by atoms with Crippen LogP contribution < -0.4 is 5.01 Å². The maximum atomic E-state index is 14.7. The van der Waals surface area contributed by atoms with Crippen molar-refractivity contribution in [3.8, 4) is 0 Å². The van der Waals surface area contributed by atoms with Gasteiger partial charge in [-0.1, -0.05) is 46.8 Å². The molecule has 2 aromatic carbocycles. The maximum absolute atomic E-state index is 14.7. The zero-order chi connectivity index (χ0) is 33.4. The van der Waals surface area contributed by atoms with Gasteiger partial charge in [0.1, 0.15) is 17.7 Å². The Labute approximate surface area is 273 Å². The van der Waals surface area contributed by atoms with Crippen molar-refractivity contribution >= 4 is 36.1 Å². The molecule has 6 rings (SSSR count). The first-order valence-electron chi connectivity index (χ1n) is 16.5. The lowest BCUT2D eigenvalue weighted by atomic mass is 9.69. The molecule has 4 aliphatic rings. The number of halogens is 2. The highest BCUT2D eigenvalue weighted by Crippen LogP contribution is 2.70. The van der Waals surface area contributed by atoms with Crippen molar-refractivity contribution in [3.05, 3.63) is 65.7 Å². The summed E-state index contributed by atoms with van der Waals surface area (Å²) < 4.78 is 63.8. The van der Waals surface area contributed by atoms with Crippen LogP contribution in [0.25, 0.3) is 0 Å². The van der Waals surface area contributed by atoms with Gasteiger partial charge in [-0.2, -0.15) is 5.10 Å². The summed E-state index contributed by atoms with van der Waals surface area (Å²) in [5, 5.41) is 6.14. The van der Waals surface area contributed by atoms with Gasteiger partial charge in [0.15, 0.2) is 8.32 Å². The second kappa shape index (κ2) is 11.2. The summed E-state index contributed by atoms with van der Waals surface area (Å²) >= 11 is 0. The molecular weight excluding hydrogens is 625 g/mol. The normalized spacial score (nSPS) is 30.2. The smallest absolute Gasteiger partial charge is 0.261 e.